The third kappa shape index (κ3) is 5.65. The van der Waals surface area contributed by atoms with Gasteiger partial charge in [-0.15, -0.1) is 0 Å². The molecular formula is C44H28N6. The first-order chi connectivity index (χ1) is 24.7. The van der Waals surface area contributed by atoms with Crippen LogP contribution in [0.5, 0.6) is 0 Å². The Hall–Kier alpha value is -6.92. The summed E-state index contributed by atoms with van der Waals surface area (Å²) in [6.07, 6.45) is 1.79. The molecule has 0 spiro atoms. The van der Waals surface area contributed by atoms with E-state index in [4.69, 9.17) is 24.9 Å². The molecule has 4 aromatic heterocycles. The first-order valence-electron chi connectivity index (χ1n) is 16.5. The largest absolute Gasteiger partial charge is 0.255 e. The molecule has 0 fully saturated rings. The molecule has 0 radical (unpaired) electrons. The first-order valence-corrected chi connectivity index (χ1v) is 16.5. The van der Waals surface area contributed by atoms with Crippen LogP contribution in [-0.2, 0) is 0 Å². The summed E-state index contributed by atoms with van der Waals surface area (Å²) in [6, 6.07) is 55.2. The van der Waals surface area contributed by atoms with E-state index >= 15 is 0 Å². The van der Waals surface area contributed by atoms with Crippen molar-refractivity contribution in [3.63, 3.8) is 0 Å². The molecule has 0 aliphatic heterocycles. The van der Waals surface area contributed by atoms with Crippen LogP contribution < -0.4 is 0 Å². The average Bonchev–Trinajstić information content (AvgIpc) is 3.21. The minimum Gasteiger partial charge on any atom is -0.255 e. The molecule has 0 saturated carbocycles. The number of pyridine rings is 3. The Bertz CT molecular complexity index is 2580. The summed E-state index contributed by atoms with van der Waals surface area (Å²) in [6.45, 7) is 0. The predicted molar refractivity (Wildman–Crippen MR) is 201 cm³/mol. The van der Waals surface area contributed by atoms with Crippen LogP contribution in [0.3, 0.4) is 0 Å². The summed E-state index contributed by atoms with van der Waals surface area (Å²) in [5, 5.41) is 2.14. The second kappa shape index (κ2) is 12.6. The lowest BCUT2D eigenvalue weighted by Gasteiger charge is -2.12. The van der Waals surface area contributed by atoms with Crippen LogP contribution in [0.1, 0.15) is 0 Å². The molecule has 6 heteroatoms. The van der Waals surface area contributed by atoms with Crippen molar-refractivity contribution in [1.29, 1.82) is 0 Å². The van der Waals surface area contributed by atoms with Gasteiger partial charge in [0.05, 0.1) is 28.1 Å². The third-order valence-corrected chi connectivity index (χ3v) is 8.79. The van der Waals surface area contributed by atoms with Gasteiger partial charge in [0, 0.05) is 39.2 Å². The number of fused-ring (bicyclic) bond motifs is 2. The number of rotatable bonds is 6. The SMILES string of the molecule is c1ccc(-c2nc(-c3ccccc3)nc(-c3ccccc3-c3ccc4cc(-c5ccc6ccc(-c7ccccn7)nc6c5)ccc4n3)n2)cc1. The lowest BCUT2D eigenvalue weighted by Crippen LogP contribution is -2.01. The second-order valence-electron chi connectivity index (χ2n) is 12.0. The van der Waals surface area contributed by atoms with E-state index in [0.717, 1.165) is 72.3 Å². The molecule has 0 aliphatic rings. The Kier molecular flexibility index (Phi) is 7.37. The summed E-state index contributed by atoms with van der Waals surface area (Å²) in [4.78, 5) is 29.4. The van der Waals surface area contributed by atoms with Gasteiger partial charge in [0.2, 0.25) is 0 Å². The maximum Gasteiger partial charge on any atom is 0.164 e. The second-order valence-corrected chi connectivity index (χ2v) is 12.0. The zero-order valence-corrected chi connectivity index (χ0v) is 26.8. The highest BCUT2D eigenvalue weighted by Gasteiger charge is 2.16. The van der Waals surface area contributed by atoms with Crippen LogP contribution in [0.15, 0.2) is 170 Å². The number of benzene rings is 5. The van der Waals surface area contributed by atoms with Crippen molar-refractivity contribution in [2.45, 2.75) is 0 Å². The van der Waals surface area contributed by atoms with Gasteiger partial charge in [-0.05, 0) is 53.6 Å². The van der Waals surface area contributed by atoms with Crippen molar-refractivity contribution in [3.05, 3.63) is 170 Å². The van der Waals surface area contributed by atoms with E-state index in [-0.39, 0.29) is 0 Å². The number of hydrogen-bond donors (Lipinski definition) is 0. The van der Waals surface area contributed by atoms with E-state index in [2.05, 4.69) is 71.7 Å². The van der Waals surface area contributed by atoms with Crippen LogP contribution in [0.4, 0.5) is 0 Å². The molecule has 0 bridgehead atoms. The van der Waals surface area contributed by atoms with Crippen molar-refractivity contribution in [2.75, 3.05) is 0 Å². The molecular weight excluding hydrogens is 613 g/mol. The topological polar surface area (TPSA) is 77.3 Å². The summed E-state index contributed by atoms with van der Waals surface area (Å²) < 4.78 is 0. The Balaban J connectivity index is 1.09. The van der Waals surface area contributed by atoms with Crippen LogP contribution in [0.2, 0.25) is 0 Å². The fourth-order valence-corrected chi connectivity index (χ4v) is 6.24. The maximum absolute atomic E-state index is 5.13. The predicted octanol–water partition coefficient (Wildman–Crippen LogP) is 10.4. The lowest BCUT2D eigenvalue weighted by molar-refractivity contribution is 1.07. The molecule has 6 nitrogen and oxygen atoms in total. The highest BCUT2D eigenvalue weighted by molar-refractivity contribution is 5.91. The van der Waals surface area contributed by atoms with Gasteiger partial charge in [-0.1, -0.05) is 121 Å². The minimum atomic E-state index is 0.599. The first kappa shape index (κ1) is 29.2. The molecule has 50 heavy (non-hydrogen) atoms. The Labute approximate surface area is 288 Å². The van der Waals surface area contributed by atoms with Gasteiger partial charge < -0.3 is 0 Å². The van der Waals surface area contributed by atoms with Gasteiger partial charge in [-0.2, -0.15) is 0 Å². The van der Waals surface area contributed by atoms with Gasteiger partial charge >= 0.3 is 0 Å². The van der Waals surface area contributed by atoms with Gasteiger partial charge in [0.1, 0.15) is 0 Å². The normalized spacial score (nSPS) is 11.2. The molecule has 0 amide bonds. The molecule has 9 aromatic rings. The van der Waals surface area contributed by atoms with Gasteiger partial charge in [0.25, 0.3) is 0 Å². The quantitative estimate of drug-likeness (QED) is 0.180. The van der Waals surface area contributed by atoms with E-state index in [1.807, 2.05) is 97.1 Å². The zero-order chi connectivity index (χ0) is 33.3. The van der Waals surface area contributed by atoms with E-state index < -0.39 is 0 Å². The molecule has 0 saturated heterocycles. The average molecular weight is 641 g/mol. The molecule has 234 valence electrons. The lowest BCUT2D eigenvalue weighted by atomic mass is 9.99. The van der Waals surface area contributed by atoms with E-state index in [1.54, 1.807) is 6.20 Å². The van der Waals surface area contributed by atoms with Gasteiger partial charge in [-0.25, -0.2) is 24.9 Å². The number of aromatic nitrogens is 6. The minimum absolute atomic E-state index is 0.599. The molecule has 4 heterocycles. The fourth-order valence-electron chi connectivity index (χ4n) is 6.24. The number of nitrogens with zero attached hydrogens (tertiary/aromatic N) is 6. The Morgan fingerprint density at radius 2 is 0.880 bits per heavy atom. The van der Waals surface area contributed by atoms with Gasteiger partial charge in [0.15, 0.2) is 17.5 Å². The van der Waals surface area contributed by atoms with E-state index in [0.29, 0.717) is 17.5 Å². The van der Waals surface area contributed by atoms with Crippen LogP contribution in [-0.4, -0.2) is 29.9 Å². The standard InChI is InChI=1S/C44H28N6/c1-3-11-30(12-4-1)42-48-43(31-13-5-2-6-14-31)50-44(49-42)36-16-8-7-15-35(36)38-24-22-34-27-32(21-23-37(34)46-38)33-19-18-29-20-25-40(47-41(29)28-33)39-17-9-10-26-45-39/h1-28H. The van der Waals surface area contributed by atoms with Crippen molar-refractivity contribution in [1.82, 2.24) is 29.9 Å². The van der Waals surface area contributed by atoms with Crippen LogP contribution in [0, 0.1) is 0 Å². The van der Waals surface area contributed by atoms with Gasteiger partial charge in [-0.3, -0.25) is 4.98 Å². The summed E-state index contributed by atoms with van der Waals surface area (Å²) in [5.41, 5.74) is 10.3. The monoisotopic (exact) mass is 640 g/mol. The third-order valence-electron chi connectivity index (χ3n) is 8.79. The summed E-state index contributed by atoms with van der Waals surface area (Å²) >= 11 is 0. The van der Waals surface area contributed by atoms with Crippen molar-refractivity contribution < 1.29 is 0 Å². The molecule has 0 N–H and O–H groups in total. The molecule has 5 aromatic carbocycles. The fraction of sp³-hybridized carbons (Fsp3) is 0. The molecule has 0 unspecified atom stereocenters. The van der Waals surface area contributed by atoms with Crippen molar-refractivity contribution >= 4 is 21.8 Å². The smallest absolute Gasteiger partial charge is 0.164 e. The highest BCUT2D eigenvalue weighted by Crippen LogP contribution is 2.34. The van der Waals surface area contributed by atoms with Crippen molar-refractivity contribution in [3.8, 4) is 67.9 Å². The van der Waals surface area contributed by atoms with Crippen LogP contribution >= 0.6 is 0 Å². The molecule has 0 aliphatic carbocycles. The molecule has 0 atom stereocenters. The van der Waals surface area contributed by atoms with E-state index in [9.17, 15) is 0 Å². The summed E-state index contributed by atoms with van der Waals surface area (Å²) in [7, 11) is 0. The zero-order valence-electron chi connectivity index (χ0n) is 26.8. The molecule has 9 rings (SSSR count). The Morgan fingerprint density at radius 3 is 1.62 bits per heavy atom. The van der Waals surface area contributed by atoms with Crippen molar-refractivity contribution in [2.24, 2.45) is 0 Å². The summed E-state index contributed by atoms with van der Waals surface area (Å²) in [5.74, 6) is 1.85. The number of hydrogen-bond acceptors (Lipinski definition) is 6. The van der Waals surface area contributed by atoms with E-state index in [1.165, 1.54) is 0 Å². The maximum atomic E-state index is 5.13. The Morgan fingerprint density at radius 1 is 0.300 bits per heavy atom. The van der Waals surface area contributed by atoms with Crippen LogP contribution in [0.25, 0.3) is 89.7 Å². The highest BCUT2D eigenvalue weighted by atomic mass is 15.0.